The smallest absolute Gasteiger partial charge is 0.194 e. The van der Waals surface area contributed by atoms with Crippen molar-refractivity contribution >= 4 is 28.8 Å². The summed E-state index contributed by atoms with van der Waals surface area (Å²) in [5.74, 6) is 0. The van der Waals surface area contributed by atoms with Crippen LogP contribution in [0.15, 0.2) is 0 Å². The molecule has 0 bridgehead atoms. The molecule has 4 heteroatoms. The van der Waals surface area contributed by atoms with Crippen molar-refractivity contribution in [2.45, 2.75) is 0 Å². The third-order valence-electron chi connectivity index (χ3n) is 1.60. The Morgan fingerprint density at radius 1 is 1.00 bits per heavy atom. The molecule has 0 aromatic carbocycles. The molecule has 1 heterocycles. The predicted octanol–water partition coefficient (Wildman–Crippen LogP) is 0.221. The molecule has 34 valence electrons. The molecular formula is C2H10B2P2. The zero-order valence-electron chi connectivity index (χ0n) is 4.89. The second-order valence-corrected chi connectivity index (χ2v) is 11.6. The Bertz CT molecular complexity index is 45.5. The van der Waals surface area contributed by atoms with E-state index < -0.39 is 0 Å². The third kappa shape index (κ3) is 0.983. The van der Waals surface area contributed by atoms with Crippen molar-refractivity contribution in [3.63, 3.8) is 0 Å². The van der Waals surface area contributed by atoms with Crippen LogP contribution < -0.4 is 0 Å². The maximum Gasteiger partial charge on any atom is 0.268 e. The molecule has 0 amide bonds. The zero-order chi connectivity index (χ0) is 4.57. The quantitative estimate of drug-likeness (QED) is 0.315. The summed E-state index contributed by atoms with van der Waals surface area (Å²) in [5.41, 5.74) is 0. The van der Waals surface area contributed by atoms with E-state index in [9.17, 15) is 0 Å². The van der Waals surface area contributed by atoms with Crippen LogP contribution in [0.25, 0.3) is 0 Å². The van der Waals surface area contributed by atoms with Crippen molar-refractivity contribution in [3.05, 3.63) is 0 Å². The van der Waals surface area contributed by atoms with Gasteiger partial charge in [0.1, 0.15) is 0 Å². The number of hydrogen-bond acceptors (Lipinski definition) is 0. The van der Waals surface area contributed by atoms with E-state index in [0.29, 0.717) is 0 Å². The molecule has 0 aromatic heterocycles. The third-order valence-corrected chi connectivity index (χ3v) is 14.4. The van der Waals surface area contributed by atoms with E-state index in [1.165, 1.54) is 0 Å². The molecule has 1 rings (SSSR count). The predicted molar refractivity (Wildman–Crippen MR) is 42.8 cm³/mol. The van der Waals surface area contributed by atoms with Crippen LogP contribution >= 0.6 is 15.4 Å². The van der Waals surface area contributed by atoms with Crippen molar-refractivity contribution in [2.75, 3.05) is 13.3 Å². The first kappa shape index (κ1) is 5.13. The summed E-state index contributed by atoms with van der Waals surface area (Å²) in [4.78, 5) is 0. The molecule has 0 unspecified atom stereocenters. The molecular weight excluding hydrogens is 108 g/mol. The molecule has 1 aliphatic heterocycles. The van der Waals surface area contributed by atoms with Gasteiger partial charge in [-0.05, 0) is 13.3 Å². The van der Waals surface area contributed by atoms with Crippen LogP contribution in [0.1, 0.15) is 0 Å². The van der Waals surface area contributed by atoms with Crippen molar-refractivity contribution in [1.29, 1.82) is 0 Å². The summed E-state index contributed by atoms with van der Waals surface area (Å²) in [7, 11) is 1.64. The van der Waals surface area contributed by atoms with Crippen LogP contribution in [0.5, 0.6) is 0 Å². The monoisotopic (exact) mass is 118 g/mol. The van der Waals surface area contributed by atoms with Crippen molar-refractivity contribution in [3.8, 4) is 0 Å². The molecule has 1 aliphatic rings. The van der Waals surface area contributed by atoms with E-state index in [4.69, 9.17) is 0 Å². The van der Waals surface area contributed by atoms with Gasteiger partial charge in [-0.1, -0.05) is 0 Å². The number of rotatable bonds is 0. The fourth-order valence-corrected chi connectivity index (χ4v) is 12.6. The molecule has 0 aromatic rings. The first-order valence-electron chi connectivity index (χ1n) is 2.68. The lowest BCUT2D eigenvalue weighted by atomic mass is 10.6. The Morgan fingerprint density at radius 3 is 1.33 bits per heavy atom. The maximum absolute atomic E-state index is 2.51. The Balaban J connectivity index is 2.11. The van der Waals surface area contributed by atoms with Gasteiger partial charge in [-0.15, -0.1) is 0 Å². The van der Waals surface area contributed by atoms with Crippen molar-refractivity contribution < 1.29 is 0 Å². The molecule has 0 nitrogen and oxygen atoms in total. The zero-order valence-corrected chi connectivity index (χ0v) is 6.68. The van der Waals surface area contributed by atoms with E-state index in [0.717, 1.165) is 28.8 Å². The summed E-state index contributed by atoms with van der Waals surface area (Å²) >= 11 is 0. The van der Waals surface area contributed by atoms with Gasteiger partial charge < -0.3 is 0 Å². The van der Waals surface area contributed by atoms with Gasteiger partial charge in [0.25, 0.3) is 13.4 Å². The Labute approximate surface area is 42.9 Å². The van der Waals surface area contributed by atoms with Crippen molar-refractivity contribution in [1.82, 2.24) is 0 Å². The standard InChI is InChI=1S/C2H10B2P2/c1-5-3-6(2)4-5/h3-4H2,1-2H3. The first-order chi connectivity index (χ1) is 2.79. The van der Waals surface area contributed by atoms with Gasteiger partial charge in [-0.2, -0.15) is 15.4 Å². The first-order valence-corrected chi connectivity index (χ1v) is 8.05. The van der Waals surface area contributed by atoms with Crippen molar-refractivity contribution in [2.24, 2.45) is 0 Å². The lowest BCUT2D eigenvalue weighted by Crippen LogP contribution is -2.06. The minimum atomic E-state index is 0.741. The lowest BCUT2D eigenvalue weighted by molar-refractivity contribution is 2.45. The van der Waals surface area contributed by atoms with Gasteiger partial charge in [-0.25, -0.2) is 0 Å². The van der Waals surface area contributed by atoms with Gasteiger partial charge in [0.15, 0.2) is 0 Å². The van der Waals surface area contributed by atoms with Gasteiger partial charge in [0.2, 0.25) is 0 Å². The van der Waals surface area contributed by atoms with E-state index in [1.807, 2.05) is 0 Å². The minimum Gasteiger partial charge on any atom is -0.194 e. The van der Waals surface area contributed by atoms with Gasteiger partial charge in [-0.3, -0.25) is 0 Å². The molecule has 1 fully saturated rings. The van der Waals surface area contributed by atoms with E-state index in [2.05, 4.69) is 13.3 Å². The summed E-state index contributed by atoms with van der Waals surface area (Å²) in [6.45, 7) is 6.50. The van der Waals surface area contributed by atoms with Gasteiger partial charge >= 0.3 is 0 Å². The average Bonchev–Trinajstić information content (AvgIpc) is 1.33. The lowest BCUT2D eigenvalue weighted by Gasteiger charge is -2.24. The Morgan fingerprint density at radius 2 is 1.33 bits per heavy atom. The molecule has 0 spiro atoms. The van der Waals surface area contributed by atoms with Gasteiger partial charge in [0, 0.05) is 0 Å². The van der Waals surface area contributed by atoms with Crippen LogP contribution in [0.3, 0.4) is 0 Å². The summed E-state index contributed by atoms with van der Waals surface area (Å²) in [5, 5.41) is 0. The highest BCUT2D eigenvalue weighted by molar-refractivity contribution is 8.53. The molecule has 0 saturated carbocycles. The van der Waals surface area contributed by atoms with Crippen LogP contribution in [-0.2, 0) is 0 Å². The van der Waals surface area contributed by atoms with Crippen LogP contribution in [0.4, 0.5) is 0 Å². The maximum atomic E-state index is 2.51. The largest absolute Gasteiger partial charge is 0.268 e. The molecule has 1 saturated heterocycles. The molecule has 0 N–H and O–H groups in total. The topological polar surface area (TPSA) is 0 Å². The van der Waals surface area contributed by atoms with Crippen LogP contribution in [-0.4, -0.2) is 26.8 Å². The second kappa shape index (κ2) is 1.85. The highest BCUT2D eigenvalue weighted by Crippen LogP contribution is 2.58. The van der Waals surface area contributed by atoms with E-state index >= 15 is 0 Å². The summed E-state index contributed by atoms with van der Waals surface area (Å²) < 4.78 is 0. The minimum absolute atomic E-state index is 0.741. The Hall–Kier alpha value is 0.990. The van der Waals surface area contributed by atoms with Crippen LogP contribution in [0, 0.1) is 0 Å². The summed E-state index contributed by atoms with van der Waals surface area (Å²) in [6, 6.07) is 0. The van der Waals surface area contributed by atoms with Gasteiger partial charge in [0.05, 0.1) is 0 Å². The van der Waals surface area contributed by atoms with E-state index in [-0.39, 0.29) is 0 Å². The van der Waals surface area contributed by atoms with Crippen LogP contribution in [0.2, 0.25) is 0 Å². The average molecular weight is 118 g/mol. The summed E-state index contributed by atoms with van der Waals surface area (Å²) in [6.07, 6.45) is 0. The highest BCUT2D eigenvalue weighted by atomic mass is 31.2. The van der Waals surface area contributed by atoms with E-state index in [1.54, 1.807) is 0 Å². The highest BCUT2D eigenvalue weighted by Gasteiger charge is 2.26. The molecule has 0 aliphatic carbocycles. The normalized spacial score (nSPS) is 45.0. The Kier molecular flexibility index (Phi) is 1.58. The molecule has 6 heavy (non-hydrogen) atoms. The molecule has 0 atom stereocenters. The molecule has 2 radical (unpaired) electrons. The SMILES string of the molecule is C[P+]1[BH2-][P+](C)[BH2-]1. The fourth-order valence-electron chi connectivity index (χ4n) is 1.40. The number of hydrogen-bond donors (Lipinski definition) is 0. The fraction of sp³-hybridized carbons (Fsp3) is 1.00. The second-order valence-electron chi connectivity index (χ2n) is 3.08.